The molecule has 0 bridgehead atoms. The molecule has 0 saturated carbocycles. The van der Waals surface area contributed by atoms with Crippen molar-refractivity contribution in [1.82, 2.24) is 4.90 Å². The Kier molecular flexibility index (Phi) is 10.2. The zero-order valence-corrected chi connectivity index (χ0v) is 21.0. The van der Waals surface area contributed by atoms with Crippen LogP contribution in [0.3, 0.4) is 0 Å². The van der Waals surface area contributed by atoms with Crippen LogP contribution in [-0.2, 0) is 16.1 Å². The van der Waals surface area contributed by atoms with Crippen LogP contribution in [-0.4, -0.2) is 38.2 Å². The number of rotatable bonds is 10. The van der Waals surface area contributed by atoms with Gasteiger partial charge in [0.05, 0.1) is 6.04 Å². The summed E-state index contributed by atoms with van der Waals surface area (Å²) in [6.45, 7) is 8.14. The van der Waals surface area contributed by atoms with Gasteiger partial charge >= 0.3 is 5.97 Å². The first-order chi connectivity index (χ1) is 14.7. The minimum atomic E-state index is -1.29. The summed E-state index contributed by atoms with van der Waals surface area (Å²) in [6, 6.07) is 19.8. The fourth-order valence-electron chi connectivity index (χ4n) is 3.42. The Labute approximate surface area is 200 Å². The first-order valence-corrected chi connectivity index (χ1v) is 12.2. The topological polar surface area (TPSA) is 49.8 Å². The summed E-state index contributed by atoms with van der Waals surface area (Å²) in [7, 11) is 0. The summed E-state index contributed by atoms with van der Waals surface area (Å²) in [6.07, 6.45) is 3.58. The van der Waals surface area contributed by atoms with Crippen molar-refractivity contribution in [2.75, 3.05) is 4.43 Å². The molecule has 0 fully saturated rings. The Morgan fingerprint density at radius 2 is 1.68 bits per heavy atom. The number of alkyl halides is 1. The first kappa shape index (κ1) is 25.6. The van der Waals surface area contributed by atoms with Crippen LogP contribution >= 0.6 is 22.6 Å². The number of aliphatic hydroxyl groups is 1. The molecule has 0 aliphatic rings. The molecule has 2 aromatic carbocycles. The minimum Gasteiger partial charge on any atom is -0.458 e. The summed E-state index contributed by atoms with van der Waals surface area (Å²) >= 11 is 2.32. The monoisotopic (exact) mass is 535 g/mol. The van der Waals surface area contributed by atoms with E-state index in [4.69, 9.17) is 4.74 Å². The largest absolute Gasteiger partial charge is 0.458 e. The molecule has 168 valence electrons. The van der Waals surface area contributed by atoms with Crippen molar-refractivity contribution in [3.05, 3.63) is 83.9 Å². The van der Waals surface area contributed by atoms with E-state index in [-0.39, 0.29) is 6.04 Å². The van der Waals surface area contributed by atoms with Gasteiger partial charge in [0.2, 0.25) is 0 Å². The lowest BCUT2D eigenvalue weighted by molar-refractivity contribution is -0.168. The number of halogens is 1. The van der Waals surface area contributed by atoms with Gasteiger partial charge in [-0.2, -0.15) is 0 Å². The van der Waals surface area contributed by atoms with Crippen molar-refractivity contribution in [3.8, 4) is 0 Å². The normalized spacial score (nSPS) is 15.1. The van der Waals surface area contributed by atoms with Gasteiger partial charge in [-0.25, -0.2) is 4.79 Å². The highest BCUT2D eigenvalue weighted by molar-refractivity contribution is 14.1. The molecule has 31 heavy (non-hydrogen) atoms. The van der Waals surface area contributed by atoms with E-state index in [0.717, 1.165) is 22.0 Å². The van der Waals surface area contributed by atoms with Crippen molar-refractivity contribution in [3.63, 3.8) is 0 Å². The van der Waals surface area contributed by atoms with Gasteiger partial charge in [-0.1, -0.05) is 95.4 Å². The highest BCUT2D eigenvalue weighted by atomic mass is 127. The number of carbonyl (C=O) groups is 1. The molecule has 0 amide bonds. The van der Waals surface area contributed by atoms with Crippen LogP contribution < -0.4 is 0 Å². The Balaban J connectivity index is 2.44. The number of ether oxygens (including phenoxy) is 1. The van der Waals surface area contributed by atoms with E-state index in [9.17, 15) is 9.90 Å². The molecule has 0 heterocycles. The number of hydrogen-bond acceptors (Lipinski definition) is 4. The SMILES string of the molecule is C[C@H](c1ccccc1)N(Cc1ccccc1)[C@H](/C=C/CCI)[C@@H](O)C(=O)OC(C)(C)C. The molecule has 0 aliphatic carbocycles. The zero-order chi connectivity index (χ0) is 22.9. The number of benzene rings is 2. The minimum absolute atomic E-state index is 0.0206. The summed E-state index contributed by atoms with van der Waals surface area (Å²) in [5.74, 6) is -0.602. The number of hydrogen-bond donors (Lipinski definition) is 1. The summed E-state index contributed by atoms with van der Waals surface area (Å²) in [5, 5.41) is 11.1. The quantitative estimate of drug-likeness (QED) is 0.184. The zero-order valence-electron chi connectivity index (χ0n) is 18.9. The Morgan fingerprint density at radius 1 is 1.10 bits per heavy atom. The molecule has 0 radical (unpaired) electrons. The molecule has 3 atom stereocenters. The summed E-state index contributed by atoms with van der Waals surface area (Å²) in [4.78, 5) is 15.0. The third kappa shape index (κ3) is 8.39. The van der Waals surface area contributed by atoms with E-state index in [1.54, 1.807) is 0 Å². The maximum Gasteiger partial charge on any atom is 0.337 e. The van der Waals surface area contributed by atoms with Gasteiger partial charge < -0.3 is 9.84 Å². The molecule has 0 aliphatic heterocycles. The van der Waals surface area contributed by atoms with Crippen LogP contribution in [0.15, 0.2) is 72.8 Å². The predicted octanol–water partition coefficient (Wildman–Crippen LogP) is 5.70. The average Bonchev–Trinajstić information content (AvgIpc) is 2.75. The maximum atomic E-state index is 12.8. The number of aliphatic hydroxyl groups excluding tert-OH is 1. The Morgan fingerprint density at radius 3 is 2.23 bits per heavy atom. The van der Waals surface area contributed by atoms with Crippen molar-refractivity contribution in [2.24, 2.45) is 0 Å². The molecular weight excluding hydrogens is 501 g/mol. The van der Waals surface area contributed by atoms with Crippen molar-refractivity contribution < 1.29 is 14.6 Å². The molecule has 0 unspecified atom stereocenters. The summed E-state index contributed by atoms with van der Waals surface area (Å²) < 4.78 is 6.49. The van der Waals surface area contributed by atoms with Crippen LogP contribution in [0, 0.1) is 0 Å². The van der Waals surface area contributed by atoms with Gasteiger partial charge in [0.25, 0.3) is 0 Å². The Hall–Kier alpha value is -1.70. The third-order valence-electron chi connectivity index (χ3n) is 4.95. The van der Waals surface area contributed by atoms with E-state index in [1.165, 1.54) is 0 Å². The second kappa shape index (κ2) is 12.4. The van der Waals surface area contributed by atoms with Crippen LogP contribution in [0.5, 0.6) is 0 Å². The highest BCUT2D eigenvalue weighted by Crippen LogP contribution is 2.28. The fourth-order valence-corrected chi connectivity index (χ4v) is 3.77. The average molecular weight is 535 g/mol. The number of esters is 1. The molecule has 2 rings (SSSR count). The predicted molar refractivity (Wildman–Crippen MR) is 135 cm³/mol. The van der Waals surface area contributed by atoms with E-state index < -0.39 is 23.7 Å². The van der Waals surface area contributed by atoms with Crippen LogP contribution in [0.4, 0.5) is 0 Å². The molecule has 4 nitrogen and oxygen atoms in total. The molecule has 2 aromatic rings. The molecule has 5 heteroatoms. The summed E-state index contributed by atoms with van der Waals surface area (Å²) in [5.41, 5.74) is 1.58. The van der Waals surface area contributed by atoms with Gasteiger partial charge in [-0.3, -0.25) is 4.90 Å². The second-order valence-electron chi connectivity index (χ2n) is 8.62. The van der Waals surface area contributed by atoms with Gasteiger partial charge in [-0.15, -0.1) is 0 Å². The van der Waals surface area contributed by atoms with Crippen LogP contribution in [0.2, 0.25) is 0 Å². The lowest BCUT2D eigenvalue weighted by Crippen LogP contribution is -2.48. The lowest BCUT2D eigenvalue weighted by atomic mass is 9.99. The number of allylic oxidation sites excluding steroid dienone is 1. The van der Waals surface area contributed by atoms with E-state index in [2.05, 4.69) is 58.7 Å². The smallest absolute Gasteiger partial charge is 0.337 e. The van der Waals surface area contributed by atoms with Crippen LogP contribution in [0.25, 0.3) is 0 Å². The molecule has 1 N–H and O–H groups in total. The van der Waals surface area contributed by atoms with E-state index in [0.29, 0.717) is 6.54 Å². The molecule has 0 spiro atoms. The van der Waals surface area contributed by atoms with E-state index >= 15 is 0 Å². The number of nitrogens with zero attached hydrogens (tertiary/aromatic N) is 1. The highest BCUT2D eigenvalue weighted by Gasteiger charge is 2.35. The fraction of sp³-hybridized carbons (Fsp3) is 0.423. The van der Waals surface area contributed by atoms with Crippen molar-refractivity contribution in [1.29, 1.82) is 0 Å². The van der Waals surface area contributed by atoms with Gasteiger partial charge in [-0.05, 0) is 45.2 Å². The van der Waals surface area contributed by atoms with Crippen LogP contribution in [0.1, 0.15) is 51.3 Å². The maximum absolute atomic E-state index is 12.8. The van der Waals surface area contributed by atoms with Gasteiger partial charge in [0.15, 0.2) is 6.10 Å². The second-order valence-corrected chi connectivity index (χ2v) is 9.70. The molecular formula is C26H34INO3. The number of carbonyl (C=O) groups excluding carboxylic acids is 1. The molecule has 0 saturated heterocycles. The van der Waals surface area contributed by atoms with Gasteiger partial charge in [0, 0.05) is 17.0 Å². The first-order valence-electron chi connectivity index (χ1n) is 10.7. The standard InChI is InChI=1S/C26H34INO3/c1-20(22-15-9-6-10-16-22)28(19-21-13-7-5-8-14-21)23(17-11-12-18-27)24(29)25(30)31-26(2,3)4/h5-11,13-17,20,23-24,29H,12,18-19H2,1-4H3/b17-11+/t20-,23-,24-/m1/s1. The van der Waals surface area contributed by atoms with E-state index in [1.807, 2.05) is 69.3 Å². The lowest BCUT2D eigenvalue weighted by Gasteiger charge is -2.37. The Bertz CT molecular complexity index is 818. The van der Waals surface area contributed by atoms with Gasteiger partial charge in [0.1, 0.15) is 5.60 Å². The third-order valence-corrected chi connectivity index (χ3v) is 5.57. The molecule has 0 aromatic heterocycles. The van der Waals surface area contributed by atoms with Crippen molar-refractivity contribution in [2.45, 2.75) is 64.4 Å². The van der Waals surface area contributed by atoms with Crippen molar-refractivity contribution >= 4 is 28.6 Å².